The van der Waals surface area contributed by atoms with Crippen LogP contribution in [0.1, 0.15) is 24.5 Å². The number of amides is 1. The van der Waals surface area contributed by atoms with Gasteiger partial charge in [0.1, 0.15) is 11.9 Å². The smallest absolute Gasteiger partial charge is 0.248 e. The lowest BCUT2D eigenvalue weighted by molar-refractivity contribution is -0.117. The van der Waals surface area contributed by atoms with Crippen molar-refractivity contribution < 1.29 is 17.6 Å². The van der Waals surface area contributed by atoms with Crippen molar-refractivity contribution >= 4 is 38.9 Å². The van der Waals surface area contributed by atoms with Crippen molar-refractivity contribution in [1.82, 2.24) is 0 Å². The largest absolute Gasteiger partial charge is 0.324 e. The van der Waals surface area contributed by atoms with Gasteiger partial charge >= 0.3 is 0 Å². The Morgan fingerprint density at radius 3 is 2.48 bits per heavy atom. The lowest BCUT2D eigenvalue weighted by Gasteiger charge is -2.30. The Kier molecular flexibility index (Phi) is 6.49. The first-order valence-electron chi connectivity index (χ1n) is 8.37. The topological polar surface area (TPSA) is 66.5 Å². The lowest BCUT2D eigenvalue weighted by atomic mass is 10.1. The van der Waals surface area contributed by atoms with E-state index in [1.807, 2.05) is 26.0 Å². The SMILES string of the molecule is CC[C@H](C(=O)Nc1cccc(C)c1C)N(c1ccc(F)c(Cl)c1)S(C)(=O)=O. The molecular formula is C19H22ClFN2O3S. The summed E-state index contributed by atoms with van der Waals surface area (Å²) in [5, 5.41) is 2.58. The average Bonchev–Trinajstić information content (AvgIpc) is 2.58. The molecule has 0 fully saturated rings. The Morgan fingerprint density at radius 2 is 1.93 bits per heavy atom. The highest BCUT2D eigenvalue weighted by atomic mass is 35.5. The van der Waals surface area contributed by atoms with Crippen molar-refractivity contribution in [3.63, 3.8) is 0 Å². The van der Waals surface area contributed by atoms with Crippen LogP contribution in [-0.2, 0) is 14.8 Å². The van der Waals surface area contributed by atoms with E-state index in [9.17, 15) is 17.6 Å². The number of anilines is 2. The second-order valence-electron chi connectivity index (χ2n) is 6.32. The average molecular weight is 413 g/mol. The molecule has 0 unspecified atom stereocenters. The molecule has 1 amide bonds. The maximum absolute atomic E-state index is 13.5. The Morgan fingerprint density at radius 1 is 1.26 bits per heavy atom. The third-order valence-electron chi connectivity index (χ3n) is 4.35. The predicted molar refractivity (Wildman–Crippen MR) is 107 cm³/mol. The van der Waals surface area contributed by atoms with Crippen LogP contribution >= 0.6 is 11.6 Å². The van der Waals surface area contributed by atoms with Crippen LogP contribution in [0.5, 0.6) is 0 Å². The number of nitrogens with zero attached hydrogens (tertiary/aromatic N) is 1. The van der Waals surface area contributed by atoms with Crippen LogP contribution in [0.4, 0.5) is 15.8 Å². The van der Waals surface area contributed by atoms with Crippen molar-refractivity contribution in [3.8, 4) is 0 Å². The normalized spacial score (nSPS) is 12.5. The van der Waals surface area contributed by atoms with Crippen LogP contribution in [0.25, 0.3) is 0 Å². The third-order valence-corrected chi connectivity index (χ3v) is 5.82. The Balaban J connectivity index is 2.44. The van der Waals surface area contributed by atoms with E-state index in [4.69, 9.17) is 11.6 Å². The van der Waals surface area contributed by atoms with E-state index in [0.717, 1.165) is 27.8 Å². The number of benzene rings is 2. The van der Waals surface area contributed by atoms with Gasteiger partial charge in [0.2, 0.25) is 15.9 Å². The molecule has 1 N–H and O–H groups in total. The van der Waals surface area contributed by atoms with Crippen molar-refractivity contribution in [2.75, 3.05) is 15.9 Å². The van der Waals surface area contributed by atoms with Crippen LogP contribution in [-0.4, -0.2) is 26.6 Å². The molecule has 2 aromatic carbocycles. The van der Waals surface area contributed by atoms with E-state index >= 15 is 0 Å². The highest BCUT2D eigenvalue weighted by molar-refractivity contribution is 7.92. The van der Waals surface area contributed by atoms with Crippen molar-refractivity contribution in [2.24, 2.45) is 0 Å². The van der Waals surface area contributed by atoms with Crippen LogP contribution in [0.15, 0.2) is 36.4 Å². The van der Waals surface area contributed by atoms with Gasteiger partial charge in [-0.15, -0.1) is 0 Å². The molecule has 0 heterocycles. The minimum atomic E-state index is -3.82. The second-order valence-corrected chi connectivity index (χ2v) is 8.58. The first-order chi connectivity index (χ1) is 12.6. The molecule has 8 heteroatoms. The van der Waals surface area contributed by atoms with Gasteiger partial charge in [-0.05, 0) is 55.7 Å². The molecule has 5 nitrogen and oxygen atoms in total. The van der Waals surface area contributed by atoms with E-state index in [-0.39, 0.29) is 17.1 Å². The van der Waals surface area contributed by atoms with Gasteiger partial charge in [0.15, 0.2) is 0 Å². The number of hydrogen-bond donors (Lipinski definition) is 1. The van der Waals surface area contributed by atoms with Crippen molar-refractivity contribution in [1.29, 1.82) is 0 Å². The van der Waals surface area contributed by atoms with E-state index in [0.29, 0.717) is 5.69 Å². The predicted octanol–water partition coefficient (Wildman–Crippen LogP) is 4.28. The third kappa shape index (κ3) is 4.78. The fraction of sp³-hybridized carbons (Fsp3) is 0.316. The van der Waals surface area contributed by atoms with Gasteiger partial charge in [0, 0.05) is 5.69 Å². The molecule has 27 heavy (non-hydrogen) atoms. The van der Waals surface area contributed by atoms with E-state index in [1.165, 1.54) is 12.1 Å². The first-order valence-corrected chi connectivity index (χ1v) is 10.6. The molecule has 0 saturated heterocycles. The summed E-state index contributed by atoms with van der Waals surface area (Å²) >= 11 is 5.81. The number of hydrogen-bond acceptors (Lipinski definition) is 3. The number of sulfonamides is 1. The monoisotopic (exact) mass is 412 g/mol. The quantitative estimate of drug-likeness (QED) is 0.770. The van der Waals surface area contributed by atoms with Crippen LogP contribution in [0.2, 0.25) is 5.02 Å². The number of halogens is 2. The molecule has 0 spiro atoms. The molecule has 0 aliphatic heterocycles. The van der Waals surface area contributed by atoms with E-state index in [2.05, 4.69) is 5.32 Å². The standard InChI is InChI=1S/C19H22ClFN2O3S/c1-5-18(19(24)22-17-8-6-7-12(2)13(17)3)23(27(4,25)26)14-9-10-16(21)15(20)11-14/h6-11,18H,5H2,1-4H3,(H,22,24)/t18-/m1/s1. The minimum Gasteiger partial charge on any atom is -0.324 e. The number of aryl methyl sites for hydroxylation is 1. The van der Waals surface area contributed by atoms with Gasteiger partial charge in [-0.2, -0.15) is 0 Å². The van der Waals surface area contributed by atoms with Gasteiger partial charge in [-0.3, -0.25) is 9.10 Å². The number of carbonyl (C=O) groups is 1. The van der Waals surface area contributed by atoms with Crippen molar-refractivity contribution in [3.05, 3.63) is 58.4 Å². The molecule has 1 atom stereocenters. The molecular weight excluding hydrogens is 391 g/mol. The zero-order valence-corrected chi connectivity index (χ0v) is 17.2. The zero-order chi connectivity index (χ0) is 20.4. The molecule has 2 rings (SSSR count). The Hall–Kier alpha value is -2.12. The molecule has 2 aromatic rings. The summed E-state index contributed by atoms with van der Waals surface area (Å²) in [6.07, 6.45) is 1.22. The van der Waals surface area contributed by atoms with Crippen LogP contribution in [0.3, 0.4) is 0 Å². The molecule has 0 aromatic heterocycles. The minimum absolute atomic E-state index is 0.131. The zero-order valence-electron chi connectivity index (χ0n) is 15.6. The fourth-order valence-electron chi connectivity index (χ4n) is 2.78. The molecule has 0 aliphatic carbocycles. The number of carbonyl (C=O) groups excluding carboxylic acids is 1. The fourth-order valence-corrected chi connectivity index (χ4v) is 4.16. The summed E-state index contributed by atoms with van der Waals surface area (Å²) in [6.45, 7) is 5.50. The van der Waals surface area contributed by atoms with Crippen molar-refractivity contribution in [2.45, 2.75) is 33.2 Å². The summed E-state index contributed by atoms with van der Waals surface area (Å²) in [5.41, 5.74) is 2.65. The van der Waals surface area contributed by atoms with Crippen LogP contribution < -0.4 is 9.62 Å². The van der Waals surface area contributed by atoms with Gasteiger partial charge < -0.3 is 5.32 Å². The first kappa shape index (κ1) is 21.2. The van der Waals surface area contributed by atoms with Gasteiger partial charge in [-0.25, -0.2) is 12.8 Å². The summed E-state index contributed by atoms with van der Waals surface area (Å²) in [5.74, 6) is -1.14. The summed E-state index contributed by atoms with van der Waals surface area (Å²) < 4.78 is 39.3. The Bertz CT molecular complexity index is 963. The summed E-state index contributed by atoms with van der Waals surface area (Å²) in [6, 6.07) is 8.04. The number of nitrogens with one attached hydrogen (secondary N) is 1. The van der Waals surface area contributed by atoms with Gasteiger partial charge in [0.25, 0.3) is 0 Å². The maximum atomic E-state index is 13.5. The second kappa shape index (κ2) is 8.27. The highest BCUT2D eigenvalue weighted by Gasteiger charge is 2.32. The Labute approximate surface area is 164 Å². The molecule has 146 valence electrons. The van der Waals surface area contributed by atoms with Crippen LogP contribution in [0, 0.1) is 19.7 Å². The van der Waals surface area contributed by atoms with Gasteiger partial charge in [-0.1, -0.05) is 30.7 Å². The molecule has 0 saturated carbocycles. The lowest BCUT2D eigenvalue weighted by Crippen LogP contribution is -2.47. The molecule has 0 bridgehead atoms. The van der Waals surface area contributed by atoms with Gasteiger partial charge in [0.05, 0.1) is 17.0 Å². The van der Waals surface area contributed by atoms with E-state index < -0.39 is 27.8 Å². The number of rotatable bonds is 6. The van der Waals surface area contributed by atoms with E-state index in [1.54, 1.807) is 13.0 Å². The summed E-state index contributed by atoms with van der Waals surface area (Å²) in [7, 11) is -3.82. The highest BCUT2D eigenvalue weighted by Crippen LogP contribution is 2.28. The molecule has 0 radical (unpaired) electrons. The summed E-state index contributed by atoms with van der Waals surface area (Å²) in [4.78, 5) is 12.9. The maximum Gasteiger partial charge on any atom is 0.248 e. The molecule has 0 aliphatic rings.